The van der Waals surface area contributed by atoms with Gasteiger partial charge in [-0.1, -0.05) is 13.8 Å². The van der Waals surface area contributed by atoms with Gasteiger partial charge in [0, 0.05) is 6.08 Å². The molecule has 138 valence electrons. The number of amides is 1. The van der Waals surface area contributed by atoms with E-state index in [0.717, 1.165) is 5.56 Å². The number of carboxylic acids is 1. The van der Waals surface area contributed by atoms with Crippen LogP contribution in [0.5, 0.6) is 11.5 Å². The van der Waals surface area contributed by atoms with Gasteiger partial charge < -0.3 is 19.9 Å². The van der Waals surface area contributed by atoms with Gasteiger partial charge in [-0.3, -0.25) is 4.79 Å². The molecular formula is C18H24BrNO5. The zero-order valence-corrected chi connectivity index (χ0v) is 16.4. The van der Waals surface area contributed by atoms with Crippen molar-refractivity contribution in [3.05, 3.63) is 28.2 Å². The summed E-state index contributed by atoms with van der Waals surface area (Å²) in [7, 11) is 0. The molecule has 1 rings (SSSR count). The van der Waals surface area contributed by atoms with Crippen molar-refractivity contribution in [1.82, 2.24) is 5.32 Å². The number of aliphatic carboxylic acids is 1. The number of nitrogens with one attached hydrogen (secondary N) is 1. The Morgan fingerprint density at radius 1 is 1.24 bits per heavy atom. The summed E-state index contributed by atoms with van der Waals surface area (Å²) in [5, 5.41) is 11.6. The van der Waals surface area contributed by atoms with Crippen LogP contribution in [-0.4, -0.2) is 36.2 Å². The Morgan fingerprint density at radius 2 is 1.88 bits per heavy atom. The summed E-state index contributed by atoms with van der Waals surface area (Å²) in [5.41, 5.74) is 0.727. The van der Waals surface area contributed by atoms with E-state index in [1.165, 1.54) is 6.08 Å². The first-order chi connectivity index (χ1) is 11.8. The number of rotatable bonds is 9. The van der Waals surface area contributed by atoms with Crippen LogP contribution in [0, 0.1) is 5.92 Å². The maximum atomic E-state index is 12.0. The lowest BCUT2D eigenvalue weighted by Crippen LogP contribution is -2.43. The SMILES string of the molecule is CCOc1cc(/C=C/C(=O)NC(C(=O)O)C(C)C)cc(Br)c1OCC. The molecular weight excluding hydrogens is 390 g/mol. The van der Waals surface area contributed by atoms with Crippen molar-refractivity contribution in [3.8, 4) is 11.5 Å². The second-order valence-electron chi connectivity index (χ2n) is 5.60. The number of hydrogen-bond donors (Lipinski definition) is 2. The van der Waals surface area contributed by atoms with Crippen LogP contribution in [-0.2, 0) is 9.59 Å². The Balaban J connectivity index is 2.96. The van der Waals surface area contributed by atoms with Gasteiger partial charge in [-0.15, -0.1) is 0 Å². The van der Waals surface area contributed by atoms with Gasteiger partial charge in [0.05, 0.1) is 17.7 Å². The highest BCUT2D eigenvalue weighted by atomic mass is 79.9. The predicted octanol–water partition coefficient (Wildman–Crippen LogP) is 3.49. The van der Waals surface area contributed by atoms with E-state index in [4.69, 9.17) is 14.6 Å². The third-order valence-electron chi connectivity index (χ3n) is 3.28. The molecule has 0 spiro atoms. The van der Waals surface area contributed by atoms with E-state index in [1.807, 2.05) is 13.8 Å². The van der Waals surface area contributed by atoms with E-state index in [0.29, 0.717) is 29.2 Å². The fraction of sp³-hybridized carbons (Fsp3) is 0.444. The molecule has 1 atom stereocenters. The molecule has 0 bridgehead atoms. The molecule has 1 amide bonds. The lowest BCUT2D eigenvalue weighted by molar-refractivity contribution is -0.142. The summed E-state index contributed by atoms with van der Waals surface area (Å²) < 4.78 is 11.9. The van der Waals surface area contributed by atoms with Crippen molar-refractivity contribution in [2.45, 2.75) is 33.7 Å². The van der Waals surface area contributed by atoms with Crippen molar-refractivity contribution in [2.75, 3.05) is 13.2 Å². The minimum absolute atomic E-state index is 0.209. The first kappa shape index (κ1) is 21.0. The average Bonchev–Trinajstić information content (AvgIpc) is 2.53. The second-order valence-corrected chi connectivity index (χ2v) is 6.45. The standard InChI is InChI=1S/C18H24BrNO5/c1-5-24-14-10-12(9-13(19)17(14)25-6-2)7-8-15(21)20-16(11(3)4)18(22)23/h7-11,16H,5-6H2,1-4H3,(H,20,21)(H,22,23)/b8-7+. The molecule has 0 radical (unpaired) electrons. The van der Waals surface area contributed by atoms with E-state index in [-0.39, 0.29) is 5.92 Å². The zero-order valence-electron chi connectivity index (χ0n) is 14.8. The van der Waals surface area contributed by atoms with Gasteiger partial charge in [-0.05, 0) is 59.5 Å². The highest BCUT2D eigenvalue weighted by Gasteiger charge is 2.22. The van der Waals surface area contributed by atoms with Crippen LogP contribution >= 0.6 is 15.9 Å². The maximum absolute atomic E-state index is 12.0. The third-order valence-corrected chi connectivity index (χ3v) is 3.87. The number of hydrogen-bond acceptors (Lipinski definition) is 4. The van der Waals surface area contributed by atoms with Gasteiger partial charge in [0.15, 0.2) is 11.5 Å². The number of carboxylic acid groups (broad SMARTS) is 1. The number of halogens is 1. The molecule has 0 aliphatic heterocycles. The molecule has 0 aliphatic carbocycles. The van der Waals surface area contributed by atoms with Gasteiger partial charge in [0.25, 0.3) is 0 Å². The molecule has 1 aromatic rings. The Labute approximate surface area is 156 Å². The topological polar surface area (TPSA) is 84.9 Å². The summed E-state index contributed by atoms with van der Waals surface area (Å²) in [6.07, 6.45) is 2.90. The molecule has 0 saturated carbocycles. The minimum Gasteiger partial charge on any atom is -0.490 e. The van der Waals surface area contributed by atoms with Crippen LogP contribution in [0.15, 0.2) is 22.7 Å². The number of ether oxygens (including phenoxy) is 2. The lowest BCUT2D eigenvalue weighted by atomic mass is 10.0. The van der Waals surface area contributed by atoms with E-state index in [2.05, 4.69) is 21.2 Å². The molecule has 1 aromatic carbocycles. The van der Waals surface area contributed by atoms with E-state index >= 15 is 0 Å². The molecule has 7 heteroatoms. The fourth-order valence-electron chi connectivity index (χ4n) is 2.12. The molecule has 0 heterocycles. The molecule has 1 unspecified atom stereocenters. The average molecular weight is 414 g/mol. The van der Waals surface area contributed by atoms with Gasteiger partial charge in [-0.25, -0.2) is 4.79 Å². The fourth-order valence-corrected chi connectivity index (χ4v) is 2.69. The van der Waals surface area contributed by atoms with E-state index in [9.17, 15) is 9.59 Å². The molecule has 25 heavy (non-hydrogen) atoms. The maximum Gasteiger partial charge on any atom is 0.326 e. The van der Waals surface area contributed by atoms with Gasteiger partial charge >= 0.3 is 5.97 Å². The molecule has 2 N–H and O–H groups in total. The van der Waals surface area contributed by atoms with Crippen molar-refractivity contribution in [2.24, 2.45) is 5.92 Å². The smallest absolute Gasteiger partial charge is 0.326 e. The summed E-state index contributed by atoms with van der Waals surface area (Å²) in [6.45, 7) is 8.21. The van der Waals surface area contributed by atoms with Crippen LogP contribution in [0.4, 0.5) is 0 Å². The molecule has 0 saturated heterocycles. The second kappa shape index (κ2) is 10.1. The summed E-state index contributed by atoms with van der Waals surface area (Å²) >= 11 is 3.44. The monoisotopic (exact) mass is 413 g/mol. The number of carbonyl (C=O) groups is 2. The van der Waals surface area contributed by atoms with Crippen molar-refractivity contribution in [1.29, 1.82) is 0 Å². The molecule has 6 nitrogen and oxygen atoms in total. The zero-order chi connectivity index (χ0) is 19.0. The van der Waals surface area contributed by atoms with Crippen LogP contribution < -0.4 is 14.8 Å². The predicted molar refractivity (Wildman–Crippen MR) is 99.9 cm³/mol. The Kier molecular flexibility index (Phi) is 8.48. The summed E-state index contributed by atoms with van der Waals surface area (Å²) in [5.74, 6) is -0.552. The summed E-state index contributed by atoms with van der Waals surface area (Å²) in [6, 6.07) is 2.64. The highest BCUT2D eigenvalue weighted by molar-refractivity contribution is 9.10. The Bertz CT molecular complexity index is 643. The summed E-state index contributed by atoms with van der Waals surface area (Å²) in [4.78, 5) is 23.1. The first-order valence-corrected chi connectivity index (χ1v) is 8.89. The van der Waals surface area contributed by atoms with Gasteiger partial charge in [0.1, 0.15) is 6.04 Å². The third kappa shape index (κ3) is 6.42. The van der Waals surface area contributed by atoms with E-state index < -0.39 is 17.9 Å². The van der Waals surface area contributed by atoms with Crippen LogP contribution in [0.3, 0.4) is 0 Å². The van der Waals surface area contributed by atoms with Crippen LogP contribution in [0.2, 0.25) is 0 Å². The Morgan fingerprint density at radius 3 is 2.40 bits per heavy atom. The Hall–Kier alpha value is -2.02. The minimum atomic E-state index is -1.06. The van der Waals surface area contributed by atoms with Crippen molar-refractivity contribution < 1.29 is 24.2 Å². The molecule has 0 aliphatic rings. The van der Waals surface area contributed by atoms with Crippen LogP contribution in [0.1, 0.15) is 33.3 Å². The first-order valence-electron chi connectivity index (χ1n) is 8.10. The molecule has 0 fully saturated rings. The normalized spacial score (nSPS) is 12.2. The van der Waals surface area contributed by atoms with E-state index in [1.54, 1.807) is 32.1 Å². The highest BCUT2D eigenvalue weighted by Crippen LogP contribution is 2.37. The number of carbonyl (C=O) groups excluding carboxylic acids is 1. The largest absolute Gasteiger partial charge is 0.490 e. The molecule has 0 aromatic heterocycles. The lowest BCUT2D eigenvalue weighted by Gasteiger charge is -2.16. The van der Waals surface area contributed by atoms with Crippen molar-refractivity contribution in [3.63, 3.8) is 0 Å². The van der Waals surface area contributed by atoms with Gasteiger partial charge in [0.2, 0.25) is 5.91 Å². The van der Waals surface area contributed by atoms with Crippen molar-refractivity contribution >= 4 is 33.9 Å². The van der Waals surface area contributed by atoms with Gasteiger partial charge in [-0.2, -0.15) is 0 Å². The quantitative estimate of drug-likeness (QED) is 0.605. The van der Waals surface area contributed by atoms with Crippen LogP contribution in [0.25, 0.3) is 6.08 Å². The number of benzene rings is 1.